The lowest BCUT2D eigenvalue weighted by Gasteiger charge is -2.12. The van der Waals surface area contributed by atoms with Crippen molar-refractivity contribution in [3.8, 4) is 11.5 Å². The number of carbonyl (C=O) groups excluding carboxylic acids is 1. The van der Waals surface area contributed by atoms with Gasteiger partial charge < -0.3 is 24.5 Å². The number of urea groups is 1. The van der Waals surface area contributed by atoms with Gasteiger partial charge in [-0.25, -0.2) is 4.79 Å². The maximum Gasteiger partial charge on any atom is 0.319 e. The Labute approximate surface area is 116 Å². The number of methoxy groups -OCH3 is 2. The van der Waals surface area contributed by atoms with Gasteiger partial charge in [-0.2, -0.15) is 0 Å². The SMILES string of the molecule is COc1ccc(NC(=O)NCc2ccoc2)c(OC)c1. The summed E-state index contributed by atoms with van der Waals surface area (Å²) in [6, 6.07) is 6.62. The maximum atomic E-state index is 11.8. The van der Waals surface area contributed by atoms with E-state index in [1.54, 1.807) is 43.9 Å². The molecule has 1 aromatic heterocycles. The summed E-state index contributed by atoms with van der Waals surface area (Å²) in [7, 11) is 3.10. The number of rotatable bonds is 5. The Morgan fingerprint density at radius 3 is 2.75 bits per heavy atom. The first-order valence-corrected chi connectivity index (χ1v) is 6.01. The number of amides is 2. The van der Waals surface area contributed by atoms with Crippen molar-refractivity contribution in [3.05, 3.63) is 42.4 Å². The Hall–Kier alpha value is -2.63. The van der Waals surface area contributed by atoms with Crippen molar-refractivity contribution in [1.29, 1.82) is 0 Å². The molecule has 2 N–H and O–H groups in total. The van der Waals surface area contributed by atoms with Crippen LogP contribution in [-0.2, 0) is 6.54 Å². The second-order valence-corrected chi connectivity index (χ2v) is 4.01. The first kappa shape index (κ1) is 13.8. The quantitative estimate of drug-likeness (QED) is 0.880. The monoisotopic (exact) mass is 276 g/mol. The van der Waals surface area contributed by atoms with Crippen molar-refractivity contribution in [2.24, 2.45) is 0 Å². The largest absolute Gasteiger partial charge is 0.497 e. The fraction of sp³-hybridized carbons (Fsp3) is 0.214. The van der Waals surface area contributed by atoms with Crippen molar-refractivity contribution in [2.75, 3.05) is 19.5 Å². The Kier molecular flexibility index (Phi) is 4.49. The van der Waals surface area contributed by atoms with Crippen LogP contribution in [0.3, 0.4) is 0 Å². The molecule has 0 bridgehead atoms. The molecule has 6 heteroatoms. The summed E-state index contributed by atoms with van der Waals surface area (Å²) in [6.45, 7) is 0.390. The fourth-order valence-electron chi connectivity index (χ4n) is 1.64. The molecule has 6 nitrogen and oxygen atoms in total. The third-order valence-electron chi connectivity index (χ3n) is 2.69. The molecule has 106 valence electrons. The van der Waals surface area contributed by atoms with Crippen molar-refractivity contribution < 1.29 is 18.7 Å². The molecular formula is C14H16N2O4. The predicted octanol–water partition coefficient (Wildman–Crippen LogP) is 2.62. The Balaban J connectivity index is 1.96. The molecule has 0 saturated carbocycles. The van der Waals surface area contributed by atoms with Gasteiger partial charge in [0, 0.05) is 18.2 Å². The lowest BCUT2D eigenvalue weighted by Crippen LogP contribution is -2.28. The predicted molar refractivity (Wildman–Crippen MR) is 74.1 cm³/mol. The fourth-order valence-corrected chi connectivity index (χ4v) is 1.64. The molecule has 0 aliphatic heterocycles. The van der Waals surface area contributed by atoms with Gasteiger partial charge >= 0.3 is 6.03 Å². The van der Waals surface area contributed by atoms with Crippen LogP contribution in [0.4, 0.5) is 10.5 Å². The van der Waals surface area contributed by atoms with E-state index in [2.05, 4.69) is 10.6 Å². The van der Waals surface area contributed by atoms with Gasteiger partial charge in [-0.05, 0) is 18.2 Å². The van der Waals surface area contributed by atoms with Gasteiger partial charge in [-0.15, -0.1) is 0 Å². The summed E-state index contributed by atoms with van der Waals surface area (Å²) in [5, 5.41) is 5.43. The summed E-state index contributed by atoms with van der Waals surface area (Å²) >= 11 is 0. The van der Waals surface area contributed by atoms with Crippen LogP contribution in [0.2, 0.25) is 0 Å². The van der Waals surface area contributed by atoms with E-state index in [9.17, 15) is 4.79 Å². The summed E-state index contributed by atoms with van der Waals surface area (Å²) in [5.74, 6) is 1.19. The number of carbonyl (C=O) groups is 1. The maximum absolute atomic E-state index is 11.8. The molecule has 0 saturated heterocycles. The Morgan fingerprint density at radius 2 is 2.10 bits per heavy atom. The second-order valence-electron chi connectivity index (χ2n) is 4.01. The van der Waals surface area contributed by atoms with Crippen LogP contribution in [0.15, 0.2) is 41.2 Å². The molecule has 2 rings (SSSR count). The van der Waals surface area contributed by atoms with Gasteiger partial charge in [0.25, 0.3) is 0 Å². The first-order valence-electron chi connectivity index (χ1n) is 6.01. The highest BCUT2D eigenvalue weighted by molar-refractivity contribution is 5.91. The van der Waals surface area contributed by atoms with Crippen LogP contribution in [0.1, 0.15) is 5.56 Å². The normalized spacial score (nSPS) is 9.90. The molecule has 0 aliphatic rings. The number of benzene rings is 1. The summed E-state index contributed by atoms with van der Waals surface area (Å²) in [5.41, 5.74) is 1.46. The smallest absolute Gasteiger partial charge is 0.319 e. The first-order chi connectivity index (χ1) is 9.72. The second kappa shape index (κ2) is 6.51. The number of hydrogen-bond acceptors (Lipinski definition) is 4. The van der Waals surface area contributed by atoms with E-state index >= 15 is 0 Å². The molecule has 0 aliphatic carbocycles. The average molecular weight is 276 g/mol. The molecule has 0 unspecified atom stereocenters. The van der Waals surface area contributed by atoms with Gasteiger partial charge in [0.05, 0.1) is 32.4 Å². The number of anilines is 1. The minimum atomic E-state index is -0.324. The highest BCUT2D eigenvalue weighted by atomic mass is 16.5. The lowest BCUT2D eigenvalue weighted by molar-refractivity contribution is 0.251. The number of nitrogens with one attached hydrogen (secondary N) is 2. The van der Waals surface area contributed by atoms with Gasteiger partial charge in [0.1, 0.15) is 11.5 Å². The van der Waals surface area contributed by atoms with Gasteiger partial charge in [-0.3, -0.25) is 0 Å². The average Bonchev–Trinajstić information content (AvgIpc) is 2.99. The van der Waals surface area contributed by atoms with Crippen LogP contribution in [0, 0.1) is 0 Å². The van der Waals surface area contributed by atoms with Crippen molar-refractivity contribution in [3.63, 3.8) is 0 Å². The van der Waals surface area contributed by atoms with Crippen LogP contribution in [-0.4, -0.2) is 20.3 Å². The van der Waals surface area contributed by atoms with Crippen LogP contribution >= 0.6 is 0 Å². The molecule has 0 fully saturated rings. The van der Waals surface area contributed by atoms with Crippen LogP contribution in [0.5, 0.6) is 11.5 Å². The van der Waals surface area contributed by atoms with Crippen LogP contribution in [0.25, 0.3) is 0 Å². The van der Waals surface area contributed by atoms with Gasteiger partial charge in [0.15, 0.2) is 0 Å². The minimum absolute atomic E-state index is 0.324. The molecule has 0 spiro atoms. The van der Waals surface area contributed by atoms with E-state index in [-0.39, 0.29) is 6.03 Å². The minimum Gasteiger partial charge on any atom is -0.497 e. The summed E-state index contributed by atoms with van der Waals surface area (Å²) in [6.07, 6.45) is 3.13. The van der Waals surface area contributed by atoms with E-state index in [4.69, 9.17) is 13.9 Å². The van der Waals surface area contributed by atoms with E-state index in [1.807, 2.05) is 0 Å². The summed E-state index contributed by atoms with van der Waals surface area (Å²) in [4.78, 5) is 11.8. The molecule has 1 aromatic carbocycles. The molecule has 0 atom stereocenters. The molecule has 2 amide bonds. The van der Waals surface area contributed by atoms with Crippen molar-refractivity contribution in [1.82, 2.24) is 5.32 Å². The zero-order chi connectivity index (χ0) is 14.4. The summed E-state index contributed by atoms with van der Waals surface area (Å²) < 4.78 is 15.2. The lowest BCUT2D eigenvalue weighted by atomic mass is 10.2. The van der Waals surface area contributed by atoms with Gasteiger partial charge in [0.2, 0.25) is 0 Å². The highest BCUT2D eigenvalue weighted by Crippen LogP contribution is 2.28. The van der Waals surface area contributed by atoms with Crippen LogP contribution < -0.4 is 20.1 Å². The van der Waals surface area contributed by atoms with Crippen molar-refractivity contribution >= 4 is 11.7 Å². The Bertz CT molecular complexity index is 567. The topological polar surface area (TPSA) is 72.7 Å². The van der Waals surface area contributed by atoms with E-state index in [0.717, 1.165) is 5.56 Å². The van der Waals surface area contributed by atoms with E-state index in [1.165, 1.54) is 7.11 Å². The Morgan fingerprint density at radius 1 is 1.25 bits per heavy atom. The van der Waals surface area contributed by atoms with E-state index in [0.29, 0.717) is 23.7 Å². The molecule has 0 radical (unpaired) electrons. The zero-order valence-corrected chi connectivity index (χ0v) is 11.3. The number of hydrogen-bond donors (Lipinski definition) is 2. The molecule has 1 heterocycles. The number of ether oxygens (including phenoxy) is 2. The highest BCUT2D eigenvalue weighted by Gasteiger charge is 2.08. The number of furan rings is 1. The van der Waals surface area contributed by atoms with Crippen molar-refractivity contribution in [2.45, 2.75) is 6.54 Å². The standard InChI is InChI=1S/C14H16N2O4/c1-18-11-3-4-12(13(7-11)19-2)16-14(17)15-8-10-5-6-20-9-10/h3-7,9H,8H2,1-2H3,(H2,15,16,17). The third-order valence-corrected chi connectivity index (χ3v) is 2.69. The zero-order valence-electron chi connectivity index (χ0n) is 11.3. The molecule has 20 heavy (non-hydrogen) atoms. The van der Waals surface area contributed by atoms with E-state index < -0.39 is 0 Å². The van der Waals surface area contributed by atoms with Gasteiger partial charge in [-0.1, -0.05) is 0 Å². The third kappa shape index (κ3) is 3.44. The molecular weight excluding hydrogens is 260 g/mol. The molecule has 2 aromatic rings.